The molecular formula is C20H31NO4. The molecule has 0 saturated carbocycles. The molecule has 0 spiro atoms. The average molecular weight is 349 g/mol. The zero-order chi connectivity index (χ0) is 18.5. The molecule has 0 N–H and O–H groups in total. The zero-order valence-electron chi connectivity index (χ0n) is 15.7. The van der Waals surface area contributed by atoms with Crippen LogP contribution in [0.4, 0.5) is 4.79 Å². The second-order valence-corrected chi connectivity index (χ2v) is 5.91. The van der Waals surface area contributed by atoms with Gasteiger partial charge >= 0.3 is 12.1 Å². The van der Waals surface area contributed by atoms with Crippen molar-refractivity contribution in [2.24, 2.45) is 0 Å². The van der Waals surface area contributed by atoms with Crippen LogP contribution in [0.5, 0.6) is 0 Å². The first-order valence-corrected chi connectivity index (χ1v) is 9.27. The van der Waals surface area contributed by atoms with Crippen LogP contribution < -0.4 is 0 Å². The number of hydrogen-bond donors (Lipinski definition) is 0. The van der Waals surface area contributed by atoms with E-state index in [1.807, 2.05) is 30.3 Å². The summed E-state index contributed by atoms with van der Waals surface area (Å²) in [4.78, 5) is 26.5. The van der Waals surface area contributed by atoms with Gasteiger partial charge in [0.05, 0.1) is 13.2 Å². The maximum Gasteiger partial charge on any atom is 0.410 e. The lowest BCUT2D eigenvalue weighted by atomic mass is 10.0. The third kappa shape index (κ3) is 7.59. The number of carbonyl (C=O) groups excluding carboxylic acids is 2. The lowest BCUT2D eigenvalue weighted by molar-refractivity contribution is -0.149. The van der Waals surface area contributed by atoms with Crippen molar-refractivity contribution in [2.45, 2.75) is 58.9 Å². The molecule has 1 amide bonds. The Balaban J connectivity index is 2.94. The number of ether oxygens (including phenoxy) is 2. The van der Waals surface area contributed by atoms with Crippen molar-refractivity contribution >= 4 is 12.1 Å². The molecule has 0 aliphatic carbocycles. The lowest BCUT2D eigenvalue weighted by Gasteiger charge is -2.29. The van der Waals surface area contributed by atoms with E-state index in [1.54, 1.807) is 13.8 Å². The summed E-state index contributed by atoms with van der Waals surface area (Å²) < 4.78 is 10.4. The molecule has 25 heavy (non-hydrogen) atoms. The molecule has 1 rings (SSSR count). The number of amides is 1. The largest absolute Gasteiger partial charge is 0.464 e. The van der Waals surface area contributed by atoms with Crippen molar-refractivity contribution in [2.75, 3.05) is 19.8 Å². The number of hydrogen-bond acceptors (Lipinski definition) is 4. The number of nitrogens with zero attached hydrogens (tertiary/aromatic N) is 1. The second kappa shape index (κ2) is 12.3. The Morgan fingerprint density at radius 3 is 2.24 bits per heavy atom. The van der Waals surface area contributed by atoms with Crippen LogP contribution in [0.15, 0.2) is 30.3 Å². The molecule has 1 unspecified atom stereocenters. The molecule has 5 nitrogen and oxygen atoms in total. The second-order valence-electron chi connectivity index (χ2n) is 5.91. The Morgan fingerprint density at radius 2 is 1.64 bits per heavy atom. The number of unbranched alkanes of at least 4 members (excludes halogenated alkanes) is 3. The summed E-state index contributed by atoms with van der Waals surface area (Å²) in [5.41, 5.74) is 0.989. The molecule has 1 aromatic carbocycles. The minimum atomic E-state index is -0.664. The molecule has 0 aliphatic heterocycles. The van der Waals surface area contributed by atoms with E-state index >= 15 is 0 Å². The van der Waals surface area contributed by atoms with Crippen LogP contribution in [0.1, 0.15) is 52.0 Å². The fourth-order valence-corrected chi connectivity index (χ4v) is 2.69. The van der Waals surface area contributed by atoms with Crippen LogP contribution in [-0.4, -0.2) is 42.8 Å². The number of carbonyl (C=O) groups is 2. The van der Waals surface area contributed by atoms with Crippen LogP contribution in [0.3, 0.4) is 0 Å². The highest BCUT2D eigenvalue weighted by molar-refractivity contribution is 5.81. The van der Waals surface area contributed by atoms with Gasteiger partial charge in [0.15, 0.2) is 0 Å². The van der Waals surface area contributed by atoms with Gasteiger partial charge in [-0.05, 0) is 25.8 Å². The Labute approximate surface area is 151 Å². The molecule has 1 aromatic rings. The molecule has 0 aromatic heterocycles. The summed E-state index contributed by atoms with van der Waals surface area (Å²) in [6.45, 7) is 6.74. The summed E-state index contributed by atoms with van der Waals surface area (Å²) in [6.07, 6.45) is 4.06. The van der Waals surface area contributed by atoms with E-state index in [2.05, 4.69) is 6.92 Å². The molecule has 0 heterocycles. The molecule has 1 atom stereocenters. The van der Waals surface area contributed by atoms with Crippen LogP contribution in [0, 0.1) is 0 Å². The van der Waals surface area contributed by atoms with Crippen molar-refractivity contribution < 1.29 is 19.1 Å². The van der Waals surface area contributed by atoms with Gasteiger partial charge in [0.2, 0.25) is 0 Å². The van der Waals surface area contributed by atoms with Gasteiger partial charge in [0.25, 0.3) is 0 Å². The topological polar surface area (TPSA) is 55.8 Å². The van der Waals surface area contributed by atoms with Crippen LogP contribution in [-0.2, 0) is 20.7 Å². The summed E-state index contributed by atoms with van der Waals surface area (Å²) in [5, 5.41) is 0. The Bertz CT molecular complexity index is 504. The van der Waals surface area contributed by atoms with Gasteiger partial charge in [-0.25, -0.2) is 9.59 Å². The van der Waals surface area contributed by atoms with Crippen LogP contribution >= 0.6 is 0 Å². The van der Waals surface area contributed by atoms with E-state index in [9.17, 15) is 9.59 Å². The molecule has 0 fully saturated rings. The van der Waals surface area contributed by atoms with Crippen molar-refractivity contribution in [1.82, 2.24) is 4.90 Å². The van der Waals surface area contributed by atoms with Crippen molar-refractivity contribution in [1.29, 1.82) is 0 Å². The van der Waals surface area contributed by atoms with Gasteiger partial charge in [-0.2, -0.15) is 0 Å². The first kappa shape index (κ1) is 21.0. The SMILES string of the molecule is CCCCCCN(C(=O)OCC)C(Cc1ccccc1)C(=O)OCC. The molecule has 0 bridgehead atoms. The van der Waals surface area contributed by atoms with E-state index in [4.69, 9.17) is 9.47 Å². The van der Waals surface area contributed by atoms with Gasteiger partial charge in [-0.15, -0.1) is 0 Å². The van der Waals surface area contributed by atoms with E-state index in [0.717, 1.165) is 31.2 Å². The Hall–Kier alpha value is -2.04. The fraction of sp³-hybridized carbons (Fsp3) is 0.600. The minimum Gasteiger partial charge on any atom is -0.464 e. The molecule has 0 radical (unpaired) electrons. The van der Waals surface area contributed by atoms with Crippen LogP contribution in [0.2, 0.25) is 0 Å². The summed E-state index contributed by atoms with van der Waals surface area (Å²) >= 11 is 0. The van der Waals surface area contributed by atoms with E-state index in [1.165, 1.54) is 4.90 Å². The smallest absolute Gasteiger partial charge is 0.410 e. The Morgan fingerprint density at radius 1 is 0.960 bits per heavy atom. The fourth-order valence-electron chi connectivity index (χ4n) is 2.69. The normalized spacial score (nSPS) is 11.6. The maximum absolute atomic E-state index is 12.5. The number of esters is 1. The van der Waals surface area contributed by atoms with E-state index < -0.39 is 12.1 Å². The molecule has 140 valence electrons. The van der Waals surface area contributed by atoms with E-state index in [-0.39, 0.29) is 19.2 Å². The lowest BCUT2D eigenvalue weighted by Crippen LogP contribution is -2.48. The van der Waals surface area contributed by atoms with Gasteiger partial charge in [0, 0.05) is 13.0 Å². The van der Waals surface area contributed by atoms with Gasteiger partial charge in [-0.3, -0.25) is 4.90 Å². The Kier molecular flexibility index (Phi) is 10.4. The predicted octanol–water partition coefficient (Wildman–Crippen LogP) is 4.20. The summed E-state index contributed by atoms with van der Waals surface area (Å²) in [5.74, 6) is -0.380. The van der Waals surface area contributed by atoms with E-state index in [0.29, 0.717) is 13.0 Å². The predicted molar refractivity (Wildman–Crippen MR) is 98.4 cm³/mol. The molecule has 5 heteroatoms. The molecule has 0 saturated heterocycles. The quantitative estimate of drug-likeness (QED) is 0.444. The van der Waals surface area contributed by atoms with Gasteiger partial charge in [0.1, 0.15) is 6.04 Å². The summed E-state index contributed by atoms with van der Waals surface area (Å²) in [6, 6.07) is 9.01. The first-order valence-electron chi connectivity index (χ1n) is 9.27. The summed E-state index contributed by atoms with van der Waals surface area (Å²) in [7, 11) is 0. The van der Waals surface area contributed by atoms with Gasteiger partial charge in [-0.1, -0.05) is 56.5 Å². The molecular weight excluding hydrogens is 318 g/mol. The number of rotatable bonds is 11. The van der Waals surface area contributed by atoms with Crippen molar-refractivity contribution in [3.05, 3.63) is 35.9 Å². The first-order chi connectivity index (χ1) is 12.1. The van der Waals surface area contributed by atoms with Crippen molar-refractivity contribution in [3.63, 3.8) is 0 Å². The maximum atomic E-state index is 12.5. The monoisotopic (exact) mass is 349 g/mol. The highest BCUT2D eigenvalue weighted by Gasteiger charge is 2.31. The highest BCUT2D eigenvalue weighted by atomic mass is 16.6. The highest BCUT2D eigenvalue weighted by Crippen LogP contribution is 2.14. The number of benzene rings is 1. The minimum absolute atomic E-state index is 0.283. The zero-order valence-corrected chi connectivity index (χ0v) is 15.7. The van der Waals surface area contributed by atoms with Crippen molar-refractivity contribution in [3.8, 4) is 0 Å². The van der Waals surface area contributed by atoms with Crippen LogP contribution in [0.25, 0.3) is 0 Å². The third-order valence-electron chi connectivity index (χ3n) is 3.96. The van der Waals surface area contributed by atoms with Gasteiger partial charge < -0.3 is 9.47 Å². The molecule has 0 aliphatic rings. The third-order valence-corrected chi connectivity index (χ3v) is 3.96. The average Bonchev–Trinajstić information content (AvgIpc) is 2.61. The standard InChI is InChI=1S/C20H31NO4/c1-4-7-8-12-15-21(20(23)25-6-3)18(19(22)24-5-2)16-17-13-10-9-11-14-17/h9-11,13-14,18H,4-8,12,15-16H2,1-3H3.